The van der Waals surface area contributed by atoms with E-state index in [1.165, 1.54) is 85.7 Å². The molecule has 492 valence electrons. The van der Waals surface area contributed by atoms with Gasteiger partial charge in [-0.25, -0.2) is 0 Å². The second-order valence-corrected chi connectivity index (χ2v) is 25.9. The van der Waals surface area contributed by atoms with Gasteiger partial charge in [0.1, 0.15) is 54.4 Å². The van der Waals surface area contributed by atoms with Gasteiger partial charge in [-0.1, -0.05) is 96.4 Å². The highest BCUT2D eigenvalue weighted by Crippen LogP contribution is 2.24. The van der Waals surface area contributed by atoms with Crippen molar-refractivity contribution in [2.75, 3.05) is 75.6 Å². The van der Waals surface area contributed by atoms with E-state index < -0.39 is 144 Å². The lowest BCUT2D eigenvalue weighted by atomic mass is 9.95. The first-order chi connectivity index (χ1) is 39.8. The molecule has 0 aromatic carbocycles. The van der Waals surface area contributed by atoms with Crippen LogP contribution in [0.5, 0.6) is 0 Å². The van der Waals surface area contributed by atoms with E-state index in [0.29, 0.717) is 6.42 Å². The summed E-state index contributed by atoms with van der Waals surface area (Å²) in [5.41, 5.74) is 5.53. The Morgan fingerprint density at radius 3 is 1.27 bits per heavy atom. The normalized spacial score (nSPS) is 24.9. The van der Waals surface area contributed by atoms with E-state index in [1.807, 2.05) is 76.2 Å². The standard InChI is InChI=1S/C61H110N12O13/c1-22-23-43-57(81)67(15)34-51(76)73(26-27-86-21)33-50(75)66-52(40(12)13)61(85)69(17)45(29-36(4)5)54(78)64-42(24-25-49(62)74)53(77)63-41(14)56(80)70(18)46(30-37(6)7)59(83)72(20)48(32-39(10)11)60(84)71(19)47(31-38(8)9)58(82)68(16)44(28-35(2)3)55(79)65-43/h35-48,52H,22-34H2,1-21H3,(H2,62,74)(H,63,77)(H,64,78)(H,65,79)(H,66,75)/t41-,42-,43+,44+,45+,46+,47+,48+,52+/m1/s1. The lowest BCUT2D eigenvalue weighted by Gasteiger charge is -2.40. The molecule has 1 aliphatic heterocycles. The SMILES string of the molecule is CCC[C@@H]1NC(=O)[C@H](CC(C)C)N(C)C(=O)[C@H](CC(C)C)N(C)C(=O)[C@H](CC(C)C)N(C)C(=O)[C@H](CC(C)C)N(C)C(=O)[C@@H](C)NC(=O)[C@@H](CCC(N)=O)NC(=O)[C@H](CC(C)C)N(C)C(=O)[C@H](C(C)C)NC(=O)CN(CCOC)C(=O)CN(C)C1=O. The number of nitrogens with one attached hydrogen (secondary N) is 4. The lowest BCUT2D eigenvalue weighted by Crippen LogP contribution is -2.61. The molecule has 0 aromatic rings. The van der Waals surface area contributed by atoms with Gasteiger partial charge < -0.3 is 66.0 Å². The number of carbonyl (C=O) groups is 12. The molecule has 25 heteroatoms. The Morgan fingerprint density at radius 1 is 0.500 bits per heavy atom. The van der Waals surface area contributed by atoms with Gasteiger partial charge in [-0.3, -0.25) is 57.5 Å². The first-order valence-electron chi connectivity index (χ1n) is 30.7. The average molecular weight is 1220 g/mol. The summed E-state index contributed by atoms with van der Waals surface area (Å²) in [6.07, 6.45) is 0.651. The summed E-state index contributed by atoms with van der Waals surface area (Å²) in [7, 11) is 10.0. The summed E-state index contributed by atoms with van der Waals surface area (Å²) in [6, 6.07) is -11.0. The smallest absolute Gasteiger partial charge is 0.245 e. The largest absolute Gasteiger partial charge is 0.383 e. The van der Waals surface area contributed by atoms with Crippen molar-refractivity contribution in [2.24, 2.45) is 41.2 Å². The fourth-order valence-corrected chi connectivity index (χ4v) is 10.4. The molecule has 1 fully saturated rings. The Labute approximate surface area is 513 Å². The van der Waals surface area contributed by atoms with Gasteiger partial charge >= 0.3 is 0 Å². The second kappa shape index (κ2) is 36.7. The van der Waals surface area contributed by atoms with Crippen LogP contribution in [0, 0.1) is 35.5 Å². The molecular formula is C61H110N12O13. The van der Waals surface area contributed by atoms with E-state index in [-0.39, 0.29) is 94.1 Å². The zero-order valence-electron chi connectivity index (χ0n) is 55.9. The molecule has 0 unspecified atom stereocenters. The summed E-state index contributed by atoms with van der Waals surface area (Å²) in [5.74, 6) is -9.53. The zero-order valence-corrected chi connectivity index (χ0v) is 55.9. The number of likely N-dealkylation sites (N-methyl/N-ethyl adjacent to an activating group) is 6. The highest BCUT2D eigenvalue weighted by molar-refractivity contribution is 5.99. The Morgan fingerprint density at radius 2 is 0.884 bits per heavy atom. The van der Waals surface area contributed by atoms with Crippen molar-refractivity contribution in [2.45, 2.75) is 209 Å². The van der Waals surface area contributed by atoms with Crippen molar-refractivity contribution in [3.05, 3.63) is 0 Å². The fraction of sp³-hybridized carbons (Fsp3) is 0.803. The number of nitrogens with zero attached hydrogens (tertiary/aromatic N) is 7. The molecule has 0 bridgehead atoms. The molecule has 0 aromatic heterocycles. The van der Waals surface area contributed by atoms with Crippen LogP contribution in [0.1, 0.15) is 155 Å². The molecule has 86 heavy (non-hydrogen) atoms. The molecule has 6 N–H and O–H groups in total. The van der Waals surface area contributed by atoms with Gasteiger partial charge in [0.25, 0.3) is 0 Å². The number of rotatable bonds is 19. The lowest BCUT2D eigenvalue weighted by molar-refractivity contribution is -0.155. The van der Waals surface area contributed by atoms with Crippen LogP contribution in [0.2, 0.25) is 0 Å². The summed E-state index contributed by atoms with van der Waals surface area (Å²) < 4.78 is 5.27. The summed E-state index contributed by atoms with van der Waals surface area (Å²) >= 11 is 0. The molecule has 1 saturated heterocycles. The van der Waals surface area contributed by atoms with Crippen LogP contribution in [0.3, 0.4) is 0 Å². The Balaban J connectivity index is 4.33. The van der Waals surface area contributed by atoms with Crippen LogP contribution in [0.4, 0.5) is 0 Å². The molecule has 1 rings (SSSR count). The zero-order chi connectivity index (χ0) is 66.4. The summed E-state index contributed by atoms with van der Waals surface area (Å²) in [5, 5.41) is 10.9. The van der Waals surface area contributed by atoms with Crippen LogP contribution in [0.25, 0.3) is 0 Å². The van der Waals surface area contributed by atoms with Crippen LogP contribution in [-0.2, 0) is 62.3 Å². The molecule has 25 nitrogen and oxygen atoms in total. The number of hydrogen-bond donors (Lipinski definition) is 5. The van der Waals surface area contributed by atoms with Crippen molar-refractivity contribution in [1.29, 1.82) is 0 Å². The van der Waals surface area contributed by atoms with Crippen LogP contribution in [-0.4, -0.2) is 235 Å². The average Bonchev–Trinajstić information content (AvgIpc) is 1.29. The van der Waals surface area contributed by atoms with E-state index in [9.17, 15) is 43.2 Å². The van der Waals surface area contributed by atoms with E-state index in [2.05, 4.69) is 21.3 Å². The maximum atomic E-state index is 15.1. The molecular weight excluding hydrogens is 1110 g/mol. The van der Waals surface area contributed by atoms with Gasteiger partial charge in [-0.05, 0) is 87.4 Å². The summed E-state index contributed by atoms with van der Waals surface area (Å²) in [6.45, 7) is 24.1. The van der Waals surface area contributed by atoms with Crippen molar-refractivity contribution in [3.8, 4) is 0 Å². The number of nitrogens with two attached hydrogens (primary N) is 1. The molecule has 0 spiro atoms. The van der Waals surface area contributed by atoms with E-state index in [0.717, 1.165) is 4.90 Å². The predicted molar refractivity (Wildman–Crippen MR) is 328 cm³/mol. The number of amides is 12. The third-order valence-corrected chi connectivity index (χ3v) is 15.5. The van der Waals surface area contributed by atoms with Gasteiger partial charge in [-0.2, -0.15) is 0 Å². The van der Waals surface area contributed by atoms with Gasteiger partial charge in [-0.15, -0.1) is 0 Å². The molecule has 1 heterocycles. The van der Waals surface area contributed by atoms with Gasteiger partial charge in [0.2, 0.25) is 70.9 Å². The monoisotopic (exact) mass is 1220 g/mol. The number of primary amides is 1. The highest BCUT2D eigenvalue weighted by Gasteiger charge is 2.43. The molecule has 0 saturated carbocycles. The minimum Gasteiger partial charge on any atom is -0.383 e. The van der Waals surface area contributed by atoms with E-state index in [4.69, 9.17) is 10.5 Å². The first-order valence-corrected chi connectivity index (χ1v) is 30.7. The molecule has 12 amide bonds. The molecule has 9 atom stereocenters. The van der Waals surface area contributed by atoms with Crippen molar-refractivity contribution >= 4 is 70.9 Å². The highest BCUT2D eigenvalue weighted by atomic mass is 16.5. The minimum atomic E-state index is -1.46. The van der Waals surface area contributed by atoms with Gasteiger partial charge in [0.15, 0.2) is 0 Å². The van der Waals surface area contributed by atoms with Crippen molar-refractivity contribution < 1.29 is 62.3 Å². The number of ether oxygens (including phenoxy) is 1. The third kappa shape index (κ3) is 24.0. The number of methoxy groups -OCH3 is 1. The van der Waals surface area contributed by atoms with Crippen LogP contribution < -0.4 is 27.0 Å². The Hall–Kier alpha value is -6.40. The molecule has 0 radical (unpaired) electrons. The van der Waals surface area contributed by atoms with E-state index >= 15 is 14.4 Å². The number of carbonyl (C=O) groups excluding carboxylic acids is 12. The van der Waals surface area contributed by atoms with Crippen LogP contribution >= 0.6 is 0 Å². The Bertz CT molecular complexity index is 2310. The molecule has 1 aliphatic rings. The maximum absolute atomic E-state index is 15.1. The second-order valence-electron chi connectivity index (χ2n) is 25.9. The molecule has 0 aliphatic carbocycles. The first kappa shape index (κ1) is 77.6. The van der Waals surface area contributed by atoms with Gasteiger partial charge in [0, 0.05) is 62.4 Å². The fourth-order valence-electron chi connectivity index (χ4n) is 10.4. The maximum Gasteiger partial charge on any atom is 0.245 e. The number of hydrogen-bond acceptors (Lipinski definition) is 13. The topological polar surface area (TPSA) is 311 Å². The third-order valence-electron chi connectivity index (χ3n) is 15.5. The van der Waals surface area contributed by atoms with Gasteiger partial charge in [0.05, 0.1) is 19.7 Å². The predicted octanol–water partition coefficient (Wildman–Crippen LogP) is 1.98. The van der Waals surface area contributed by atoms with Crippen molar-refractivity contribution in [3.63, 3.8) is 0 Å². The minimum absolute atomic E-state index is 0.00331. The van der Waals surface area contributed by atoms with Crippen molar-refractivity contribution in [1.82, 2.24) is 55.6 Å². The summed E-state index contributed by atoms with van der Waals surface area (Å²) in [4.78, 5) is 181. The van der Waals surface area contributed by atoms with E-state index in [1.54, 1.807) is 13.8 Å². The van der Waals surface area contributed by atoms with Crippen LogP contribution in [0.15, 0.2) is 0 Å². The Kier molecular flexibility index (Phi) is 33.1. The quantitative estimate of drug-likeness (QED) is 0.124.